The Hall–Kier alpha value is -3.03. The van der Waals surface area contributed by atoms with Crippen LogP contribution in [0.5, 0.6) is 0 Å². The first-order valence-electron chi connectivity index (χ1n) is 7.66. The first kappa shape index (κ1) is 14.6. The first-order chi connectivity index (χ1) is 11.7. The van der Waals surface area contributed by atoms with E-state index in [0.717, 1.165) is 11.2 Å². The largest absolute Gasteiger partial charge is 0.352 e. The summed E-state index contributed by atoms with van der Waals surface area (Å²) in [6.07, 6.45) is 3.20. The van der Waals surface area contributed by atoms with Crippen molar-refractivity contribution in [1.29, 1.82) is 0 Å². The molecule has 0 radical (unpaired) electrons. The van der Waals surface area contributed by atoms with Gasteiger partial charge in [-0.15, -0.1) is 0 Å². The molecular formula is C16H15FN6O. The summed E-state index contributed by atoms with van der Waals surface area (Å²) in [6.45, 7) is 2.41. The second kappa shape index (κ2) is 5.88. The standard InChI is InChI=1S/C16H15FN6O/c17-12-3-1-2-11(8-12)16(24)23-6-4-22(5-7-23)15-13-9-20-21-14(13)18-10-19-15/h1-3,8-10H,4-7H2,(H,18,19,20,21). The zero-order valence-electron chi connectivity index (χ0n) is 12.8. The lowest BCUT2D eigenvalue weighted by molar-refractivity contribution is 0.0746. The Bertz CT molecular complexity index is 887. The third-order valence-electron chi connectivity index (χ3n) is 4.16. The molecule has 0 aliphatic carbocycles. The van der Waals surface area contributed by atoms with Crippen LogP contribution in [0.15, 0.2) is 36.8 Å². The number of hydrogen-bond acceptors (Lipinski definition) is 5. The van der Waals surface area contributed by atoms with E-state index in [-0.39, 0.29) is 5.91 Å². The molecule has 2 aromatic heterocycles. The molecule has 122 valence electrons. The Morgan fingerprint density at radius 1 is 1.17 bits per heavy atom. The maximum Gasteiger partial charge on any atom is 0.254 e. The Morgan fingerprint density at radius 2 is 2.00 bits per heavy atom. The summed E-state index contributed by atoms with van der Waals surface area (Å²) in [7, 11) is 0. The van der Waals surface area contributed by atoms with E-state index in [1.807, 2.05) is 0 Å². The highest BCUT2D eigenvalue weighted by atomic mass is 19.1. The minimum Gasteiger partial charge on any atom is -0.352 e. The number of amides is 1. The lowest BCUT2D eigenvalue weighted by Crippen LogP contribution is -2.49. The molecule has 1 saturated heterocycles. The number of halogens is 1. The van der Waals surface area contributed by atoms with E-state index < -0.39 is 5.82 Å². The predicted octanol–water partition coefficient (Wildman–Crippen LogP) is 1.45. The number of anilines is 1. The number of nitrogens with zero attached hydrogens (tertiary/aromatic N) is 5. The van der Waals surface area contributed by atoms with Crippen molar-refractivity contribution in [2.24, 2.45) is 0 Å². The van der Waals surface area contributed by atoms with Crippen molar-refractivity contribution in [3.63, 3.8) is 0 Å². The maximum atomic E-state index is 13.3. The summed E-state index contributed by atoms with van der Waals surface area (Å²) in [5, 5.41) is 7.68. The van der Waals surface area contributed by atoms with Crippen LogP contribution in [0.4, 0.5) is 10.2 Å². The first-order valence-corrected chi connectivity index (χ1v) is 7.66. The summed E-state index contributed by atoms with van der Waals surface area (Å²) in [4.78, 5) is 24.8. The lowest BCUT2D eigenvalue weighted by atomic mass is 10.1. The quantitative estimate of drug-likeness (QED) is 0.771. The maximum absolute atomic E-state index is 13.3. The van der Waals surface area contributed by atoms with E-state index in [1.54, 1.807) is 23.2 Å². The van der Waals surface area contributed by atoms with Crippen LogP contribution in [-0.4, -0.2) is 57.2 Å². The molecule has 1 aromatic carbocycles. The second-order valence-corrected chi connectivity index (χ2v) is 5.62. The van der Waals surface area contributed by atoms with Crippen LogP contribution in [0.3, 0.4) is 0 Å². The molecule has 1 aliphatic rings. The van der Waals surface area contributed by atoms with Crippen molar-refractivity contribution < 1.29 is 9.18 Å². The van der Waals surface area contributed by atoms with Gasteiger partial charge in [-0.2, -0.15) is 5.10 Å². The van der Waals surface area contributed by atoms with Gasteiger partial charge in [0.2, 0.25) is 0 Å². The molecule has 24 heavy (non-hydrogen) atoms. The number of carbonyl (C=O) groups is 1. The van der Waals surface area contributed by atoms with Crippen molar-refractivity contribution in [2.45, 2.75) is 0 Å². The van der Waals surface area contributed by atoms with Crippen LogP contribution < -0.4 is 4.90 Å². The van der Waals surface area contributed by atoms with E-state index in [1.165, 1.54) is 18.5 Å². The van der Waals surface area contributed by atoms with Crippen molar-refractivity contribution in [3.05, 3.63) is 48.2 Å². The van der Waals surface area contributed by atoms with Gasteiger partial charge in [-0.1, -0.05) is 6.07 Å². The minimum atomic E-state index is -0.400. The number of fused-ring (bicyclic) bond motifs is 1. The molecule has 1 amide bonds. The molecule has 3 heterocycles. The summed E-state index contributed by atoms with van der Waals surface area (Å²) in [5.74, 6) is 0.264. The molecule has 1 fully saturated rings. The van der Waals surface area contributed by atoms with Crippen LogP contribution in [0, 0.1) is 5.82 Å². The number of hydrogen-bond donors (Lipinski definition) is 1. The van der Waals surface area contributed by atoms with Gasteiger partial charge in [0.1, 0.15) is 18.0 Å². The van der Waals surface area contributed by atoms with Gasteiger partial charge in [0.05, 0.1) is 11.6 Å². The van der Waals surface area contributed by atoms with E-state index in [4.69, 9.17) is 0 Å². The molecule has 1 N–H and O–H groups in total. The van der Waals surface area contributed by atoms with Gasteiger partial charge in [0.25, 0.3) is 5.91 Å². The number of rotatable bonds is 2. The number of H-pyrrole nitrogens is 1. The van der Waals surface area contributed by atoms with Crippen LogP contribution in [0.1, 0.15) is 10.4 Å². The van der Waals surface area contributed by atoms with Gasteiger partial charge in [-0.25, -0.2) is 14.4 Å². The Labute approximate surface area is 137 Å². The SMILES string of the molecule is O=C(c1cccc(F)c1)N1CCN(c2ncnc3[nH]ncc23)CC1. The molecule has 8 heteroatoms. The fraction of sp³-hybridized carbons (Fsp3) is 0.250. The predicted molar refractivity (Wildman–Crippen MR) is 86.2 cm³/mol. The third kappa shape index (κ3) is 2.55. The topological polar surface area (TPSA) is 78.0 Å². The molecule has 0 bridgehead atoms. The van der Waals surface area contributed by atoms with Crippen LogP contribution in [0.2, 0.25) is 0 Å². The van der Waals surface area contributed by atoms with Crippen LogP contribution >= 0.6 is 0 Å². The molecule has 0 spiro atoms. The number of carbonyl (C=O) groups excluding carboxylic acids is 1. The molecule has 1 aliphatic heterocycles. The lowest BCUT2D eigenvalue weighted by Gasteiger charge is -2.35. The summed E-state index contributed by atoms with van der Waals surface area (Å²) in [6, 6.07) is 5.79. The number of nitrogens with one attached hydrogen (secondary N) is 1. The van der Waals surface area contributed by atoms with E-state index in [0.29, 0.717) is 37.4 Å². The number of aromatic nitrogens is 4. The van der Waals surface area contributed by atoms with Gasteiger partial charge in [-0.3, -0.25) is 9.89 Å². The number of aromatic amines is 1. The zero-order chi connectivity index (χ0) is 16.5. The Kier molecular flexibility index (Phi) is 3.56. The fourth-order valence-electron chi connectivity index (χ4n) is 2.93. The van der Waals surface area contributed by atoms with E-state index >= 15 is 0 Å². The molecule has 0 unspecified atom stereocenters. The van der Waals surface area contributed by atoms with E-state index in [2.05, 4.69) is 25.1 Å². The second-order valence-electron chi connectivity index (χ2n) is 5.62. The van der Waals surface area contributed by atoms with Gasteiger partial charge >= 0.3 is 0 Å². The van der Waals surface area contributed by atoms with Crippen LogP contribution in [-0.2, 0) is 0 Å². The molecule has 4 rings (SSSR count). The molecule has 7 nitrogen and oxygen atoms in total. The summed E-state index contributed by atoms with van der Waals surface area (Å²) < 4.78 is 13.3. The summed E-state index contributed by atoms with van der Waals surface area (Å²) >= 11 is 0. The zero-order valence-corrected chi connectivity index (χ0v) is 12.8. The normalized spacial score (nSPS) is 15.0. The monoisotopic (exact) mass is 326 g/mol. The minimum absolute atomic E-state index is 0.148. The van der Waals surface area contributed by atoms with Crippen molar-refractivity contribution in [1.82, 2.24) is 25.1 Å². The van der Waals surface area contributed by atoms with Crippen molar-refractivity contribution in [2.75, 3.05) is 31.1 Å². The number of piperazine rings is 1. The van der Waals surface area contributed by atoms with Gasteiger partial charge in [-0.05, 0) is 18.2 Å². The summed E-state index contributed by atoms with van der Waals surface area (Å²) in [5.41, 5.74) is 1.07. The highest BCUT2D eigenvalue weighted by molar-refractivity contribution is 5.94. The fourth-order valence-corrected chi connectivity index (χ4v) is 2.93. The molecular weight excluding hydrogens is 311 g/mol. The van der Waals surface area contributed by atoms with E-state index in [9.17, 15) is 9.18 Å². The van der Waals surface area contributed by atoms with Gasteiger partial charge < -0.3 is 9.80 Å². The smallest absolute Gasteiger partial charge is 0.254 e. The molecule has 3 aromatic rings. The van der Waals surface area contributed by atoms with Gasteiger partial charge in [0, 0.05) is 31.7 Å². The Morgan fingerprint density at radius 3 is 2.79 bits per heavy atom. The Balaban J connectivity index is 1.49. The average molecular weight is 326 g/mol. The highest BCUT2D eigenvalue weighted by Crippen LogP contribution is 2.22. The van der Waals surface area contributed by atoms with Crippen LogP contribution in [0.25, 0.3) is 11.0 Å². The average Bonchev–Trinajstić information content (AvgIpc) is 3.10. The van der Waals surface area contributed by atoms with Gasteiger partial charge in [0.15, 0.2) is 5.65 Å². The molecule has 0 saturated carbocycles. The van der Waals surface area contributed by atoms with Crippen molar-refractivity contribution in [3.8, 4) is 0 Å². The third-order valence-corrected chi connectivity index (χ3v) is 4.16. The molecule has 0 atom stereocenters. The highest BCUT2D eigenvalue weighted by Gasteiger charge is 2.24. The number of benzene rings is 1. The van der Waals surface area contributed by atoms with Crippen molar-refractivity contribution >= 4 is 22.8 Å².